The Morgan fingerprint density at radius 1 is 1.19 bits per heavy atom. The summed E-state index contributed by atoms with van der Waals surface area (Å²) in [5, 5.41) is 0. The summed E-state index contributed by atoms with van der Waals surface area (Å²) in [5.41, 5.74) is 3.79. The third kappa shape index (κ3) is 2.47. The molecule has 1 atom stereocenters. The number of hydrogen-bond acceptors (Lipinski definition) is 4. The van der Waals surface area contributed by atoms with E-state index in [1.807, 2.05) is 18.5 Å². The van der Waals surface area contributed by atoms with Gasteiger partial charge in [-0.05, 0) is 48.4 Å². The lowest BCUT2D eigenvalue weighted by atomic mass is 9.89. The summed E-state index contributed by atoms with van der Waals surface area (Å²) in [7, 11) is 5.50. The molecule has 1 unspecified atom stereocenters. The quantitative estimate of drug-likeness (QED) is 0.868. The Balaban J connectivity index is 2.13. The van der Waals surface area contributed by atoms with Crippen LogP contribution >= 0.6 is 0 Å². The second kappa shape index (κ2) is 5.74. The molecule has 0 saturated carbocycles. The van der Waals surface area contributed by atoms with Crippen molar-refractivity contribution in [2.75, 3.05) is 27.8 Å². The number of fused-ring (bicyclic) bond motifs is 1. The van der Waals surface area contributed by atoms with Crippen molar-refractivity contribution in [2.45, 2.75) is 12.5 Å². The van der Waals surface area contributed by atoms with Gasteiger partial charge in [-0.15, -0.1) is 0 Å². The van der Waals surface area contributed by atoms with Crippen molar-refractivity contribution < 1.29 is 9.47 Å². The highest BCUT2D eigenvalue weighted by Crippen LogP contribution is 2.40. The molecule has 0 N–H and O–H groups in total. The third-order valence-corrected chi connectivity index (χ3v) is 4.11. The van der Waals surface area contributed by atoms with Gasteiger partial charge in [-0.3, -0.25) is 9.88 Å². The average molecular weight is 284 g/mol. The van der Waals surface area contributed by atoms with Crippen LogP contribution in [0.3, 0.4) is 0 Å². The summed E-state index contributed by atoms with van der Waals surface area (Å²) in [6.45, 7) is 1.02. The zero-order valence-electron chi connectivity index (χ0n) is 12.7. The van der Waals surface area contributed by atoms with E-state index < -0.39 is 0 Å². The third-order valence-electron chi connectivity index (χ3n) is 4.11. The summed E-state index contributed by atoms with van der Waals surface area (Å²) >= 11 is 0. The molecular weight excluding hydrogens is 264 g/mol. The van der Waals surface area contributed by atoms with Gasteiger partial charge in [-0.2, -0.15) is 0 Å². The van der Waals surface area contributed by atoms with Gasteiger partial charge in [-0.1, -0.05) is 6.07 Å². The van der Waals surface area contributed by atoms with Crippen LogP contribution in [0.2, 0.25) is 0 Å². The van der Waals surface area contributed by atoms with E-state index in [0.29, 0.717) is 0 Å². The van der Waals surface area contributed by atoms with Crippen LogP contribution in [0.1, 0.15) is 22.7 Å². The Morgan fingerprint density at radius 2 is 1.95 bits per heavy atom. The van der Waals surface area contributed by atoms with E-state index in [2.05, 4.69) is 35.1 Å². The fourth-order valence-electron chi connectivity index (χ4n) is 3.04. The summed E-state index contributed by atoms with van der Waals surface area (Å²) in [5.74, 6) is 1.58. The molecule has 3 rings (SSSR count). The van der Waals surface area contributed by atoms with Crippen molar-refractivity contribution in [3.05, 3.63) is 53.3 Å². The van der Waals surface area contributed by atoms with Crippen LogP contribution in [0.4, 0.5) is 0 Å². The highest BCUT2D eigenvalue weighted by atomic mass is 16.5. The number of benzene rings is 1. The molecule has 1 aliphatic rings. The molecule has 0 amide bonds. The maximum absolute atomic E-state index is 5.46. The molecular formula is C17H20N2O2. The van der Waals surface area contributed by atoms with Crippen molar-refractivity contribution in [1.29, 1.82) is 0 Å². The van der Waals surface area contributed by atoms with Gasteiger partial charge in [0.1, 0.15) is 0 Å². The van der Waals surface area contributed by atoms with Crippen molar-refractivity contribution >= 4 is 0 Å². The average Bonchev–Trinajstić information content (AvgIpc) is 2.54. The number of hydrogen-bond donors (Lipinski definition) is 0. The van der Waals surface area contributed by atoms with Crippen molar-refractivity contribution in [2.24, 2.45) is 0 Å². The molecule has 0 radical (unpaired) electrons. The van der Waals surface area contributed by atoms with Crippen LogP contribution in [0.5, 0.6) is 11.5 Å². The first-order valence-electron chi connectivity index (χ1n) is 7.09. The lowest BCUT2D eigenvalue weighted by Crippen LogP contribution is -2.33. The lowest BCUT2D eigenvalue weighted by molar-refractivity contribution is 0.262. The SMILES string of the molecule is COc1cc2c(cc1OC)C(c1cccnc1)N(C)CC2. The van der Waals surface area contributed by atoms with Gasteiger partial charge in [0.2, 0.25) is 0 Å². The Kier molecular flexibility index (Phi) is 3.80. The molecule has 1 aromatic carbocycles. The fraction of sp³-hybridized carbons (Fsp3) is 0.353. The maximum Gasteiger partial charge on any atom is 0.161 e. The molecule has 4 nitrogen and oxygen atoms in total. The van der Waals surface area contributed by atoms with Gasteiger partial charge in [0.25, 0.3) is 0 Å². The molecule has 0 fully saturated rings. The molecule has 2 aromatic rings. The molecule has 2 heterocycles. The minimum Gasteiger partial charge on any atom is -0.493 e. The monoisotopic (exact) mass is 284 g/mol. The van der Waals surface area contributed by atoms with Gasteiger partial charge in [0.15, 0.2) is 11.5 Å². The number of ether oxygens (including phenoxy) is 2. The van der Waals surface area contributed by atoms with Gasteiger partial charge < -0.3 is 9.47 Å². The Morgan fingerprint density at radius 3 is 2.62 bits per heavy atom. The molecule has 0 spiro atoms. The number of methoxy groups -OCH3 is 2. The smallest absolute Gasteiger partial charge is 0.161 e. The normalized spacial score (nSPS) is 18.1. The van der Waals surface area contributed by atoms with Crippen molar-refractivity contribution in [3.63, 3.8) is 0 Å². The number of pyridine rings is 1. The van der Waals surface area contributed by atoms with E-state index in [1.54, 1.807) is 14.2 Å². The molecule has 21 heavy (non-hydrogen) atoms. The molecule has 110 valence electrons. The number of rotatable bonds is 3. The van der Waals surface area contributed by atoms with Crippen LogP contribution in [0.15, 0.2) is 36.7 Å². The maximum atomic E-state index is 5.46. The predicted molar refractivity (Wildman–Crippen MR) is 82.0 cm³/mol. The summed E-state index contributed by atoms with van der Waals surface area (Å²) < 4.78 is 10.9. The molecule has 1 aromatic heterocycles. The van der Waals surface area contributed by atoms with Crippen molar-refractivity contribution in [3.8, 4) is 11.5 Å². The largest absolute Gasteiger partial charge is 0.493 e. The van der Waals surface area contributed by atoms with E-state index >= 15 is 0 Å². The standard InChI is InChI=1S/C17H20N2O2/c1-19-8-6-12-9-15(20-2)16(21-3)10-14(12)17(19)13-5-4-7-18-11-13/h4-5,7,9-11,17H,6,8H2,1-3H3. The number of nitrogens with zero attached hydrogens (tertiary/aromatic N) is 2. The Labute approximate surface area is 125 Å². The van der Waals surface area contributed by atoms with Gasteiger partial charge in [0.05, 0.1) is 20.3 Å². The Bertz CT molecular complexity index is 628. The minimum atomic E-state index is 0.210. The van der Waals surface area contributed by atoms with Gasteiger partial charge in [-0.25, -0.2) is 0 Å². The van der Waals surface area contributed by atoms with Crippen LogP contribution in [0.25, 0.3) is 0 Å². The summed E-state index contributed by atoms with van der Waals surface area (Å²) in [4.78, 5) is 6.61. The topological polar surface area (TPSA) is 34.6 Å². The second-order valence-electron chi connectivity index (χ2n) is 5.33. The zero-order valence-corrected chi connectivity index (χ0v) is 12.7. The van der Waals surface area contributed by atoms with Gasteiger partial charge in [0, 0.05) is 18.9 Å². The van der Waals surface area contributed by atoms with E-state index in [0.717, 1.165) is 24.5 Å². The van der Waals surface area contributed by atoms with Crippen LogP contribution in [-0.2, 0) is 6.42 Å². The Hall–Kier alpha value is -2.07. The first-order valence-corrected chi connectivity index (χ1v) is 7.09. The zero-order chi connectivity index (χ0) is 14.8. The van der Waals surface area contributed by atoms with E-state index in [1.165, 1.54) is 16.7 Å². The molecule has 4 heteroatoms. The van der Waals surface area contributed by atoms with E-state index in [9.17, 15) is 0 Å². The van der Waals surface area contributed by atoms with E-state index in [-0.39, 0.29) is 6.04 Å². The molecule has 1 aliphatic heterocycles. The first kappa shape index (κ1) is 13.9. The molecule has 0 saturated heterocycles. The number of likely N-dealkylation sites (N-methyl/N-ethyl adjacent to an activating group) is 1. The fourth-order valence-corrected chi connectivity index (χ4v) is 3.04. The molecule has 0 bridgehead atoms. The summed E-state index contributed by atoms with van der Waals surface area (Å²) in [6, 6.07) is 8.52. The minimum absolute atomic E-state index is 0.210. The predicted octanol–water partition coefficient (Wildman–Crippen LogP) is 2.68. The number of aromatic nitrogens is 1. The van der Waals surface area contributed by atoms with Crippen molar-refractivity contribution in [1.82, 2.24) is 9.88 Å². The first-order chi connectivity index (χ1) is 10.2. The summed E-state index contributed by atoms with van der Waals surface area (Å²) in [6.07, 6.45) is 4.76. The highest BCUT2D eigenvalue weighted by molar-refractivity contribution is 5.51. The van der Waals surface area contributed by atoms with Crippen LogP contribution in [-0.4, -0.2) is 37.7 Å². The highest BCUT2D eigenvalue weighted by Gasteiger charge is 2.28. The lowest BCUT2D eigenvalue weighted by Gasteiger charge is -2.35. The molecule has 0 aliphatic carbocycles. The van der Waals surface area contributed by atoms with E-state index in [4.69, 9.17) is 9.47 Å². The van der Waals surface area contributed by atoms with Gasteiger partial charge >= 0.3 is 0 Å². The van der Waals surface area contributed by atoms with Crippen LogP contribution in [0, 0.1) is 0 Å². The second-order valence-corrected chi connectivity index (χ2v) is 5.33. The van der Waals surface area contributed by atoms with Crippen LogP contribution < -0.4 is 9.47 Å².